The van der Waals surface area contributed by atoms with Crippen molar-refractivity contribution >= 4 is 11.8 Å². The summed E-state index contributed by atoms with van der Waals surface area (Å²) in [6.07, 6.45) is 0.279. The highest BCUT2D eigenvalue weighted by Gasteiger charge is 2.39. The lowest BCUT2D eigenvalue weighted by Crippen LogP contribution is -2.50. The topological polar surface area (TPSA) is 55.8 Å². The van der Waals surface area contributed by atoms with E-state index in [0.717, 1.165) is 0 Å². The van der Waals surface area contributed by atoms with Gasteiger partial charge in [0.2, 0.25) is 11.8 Å². The number of hydrogen-bond acceptors (Lipinski definition) is 4. The van der Waals surface area contributed by atoms with E-state index in [1.807, 2.05) is 31.2 Å². The van der Waals surface area contributed by atoms with Crippen LogP contribution in [0.2, 0.25) is 0 Å². The van der Waals surface area contributed by atoms with Crippen LogP contribution < -0.4 is 9.47 Å². The Bertz CT molecular complexity index is 512. The number of benzene rings is 1. The molecule has 5 heteroatoms. The van der Waals surface area contributed by atoms with Crippen LogP contribution in [-0.2, 0) is 9.59 Å². The summed E-state index contributed by atoms with van der Waals surface area (Å²) in [4.78, 5) is 24.8. The monoisotopic (exact) mass is 261 g/mol. The third kappa shape index (κ3) is 2.05. The molecule has 2 heterocycles. The molecule has 0 bridgehead atoms. The number of imide groups is 1. The average molecular weight is 261 g/mol. The molecule has 1 fully saturated rings. The molecule has 2 aliphatic heterocycles. The van der Waals surface area contributed by atoms with Gasteiger partial charge in [-0.2, -0.15) is 0 Å². The lowest BCUT2D eigenvalue weighted by Gasteiger charge is -2.34. The van der Waals surface area contributed by atoms with E-state index >= 15 is 0 Å². The highest BCUT2D eigenvalue weighted by Crippen LogP contribution is 2.32. The fraction of sp³-hybridized carbons (Fsp3) is 0.429. The summed E-state index contributed by atoms with van der Waals surface area (Å²) in [7, 11) is 0. The van der Waals surface area contributed by atoms with E-state index in [0.29, 0.717) is 30.9 Å². The molecule has 100 valence electrons. The largest absolute Gasteiger partial charge is 0.486 e. The SMILES string of the molecule is C[C@@H]([C@H]1COc2ccccc2O1)N1C(=O)CCC1=O. The molecule has 0 aromatic heterocycles. The van der Waals surface area contributed by atoms with Crippen molar-refractivity contribution in [2.24, 2.45) is 0 Å². The maximum absolute atomic E-state index is 11.7. The van der Waals surface area contributed by atoms with E-state index in [1.54, 1.807) is 0 Å². The highest BCUT2D eigenvalue weighted by molar-refractivity contribution is 6.02. The molecule has 1 aromatic carbocycles. The number of hydrogen-bond donors (Lipinski definition) is 0. The number of ether oxygens (including phenoxy) is 2. The predicted octanol–water partition coefficient (Wildman–Crippen LogP) is 1.36. The Morgan fingerprint density at radius 1 is 1.16 bits per heavy atom. The van der Waals surface area contributed by atoms with E-state index < -0.39 is 0 Å². The van der Waals surface area contributed by atoms with Crippen molar-refractivity contribution in [2.45, 2.75) is 31.9 Å². The maximum Gasteiger partial charge on any atom is 0.230 e. The molecule has 0 saturated carbocycles. The molecule has 1 aromatic rings. The van der Waals surface area contributed by atoms with E-state index in [4.69, 9.17) is 9.47 Å². The number of para-hydroxylation sites is 2. The van der Waals surface area contributed by atoms with Crippen molar-refractivity contribution < 1.29 is 19.1 Å². The van der Waals surface area contributed by atoms with Crippen molar-refractivity contribution in [3.05, 3.63) is 24.3 Å². The molecule has 19 heavy (non-hydrogen) atoms. The normalized spacial score (nSPS) is 23.6. The predicted molar refractivity (Wildman–Crippen MR) is 66.9 cm³/mol. The van der Waals surface area contributed by atoms with Crippen LogP contribution >= 0.6 is 0 Å². The molecule has 5 nitrogen and oxygen atoms in total. The van der Waals surface area contributed by atoms with Gasteiger partial charge in [-0.05, 0) is 19.1 Å². The molecule has 0 aliphatic carbocycles. The van der Waals surface area contributed by atoms with E-state index in [-0.39, 0.29) is 24.0 Å². The molecule has 0 spiro atoms. The zero-order valence-electron chi connectivity index (χ0n) is 10.7. The van der Waals surface area contributed by atoms with Gasteiger partial charge in [-0.25, -0.2) is 0 Å². The number of rotatable bonds is 2. The number of fused-ring (bicyclic) bond motifs is 1. The highest BCUT2D eigenvalue weighted by atomic mass is 16.6. The van der Waals surface area contributed by atoms with Gasteiger partial charge in [0.15, 0.2) is 17.6 Å². The van der Waals surface area contributed by atoms with Crippen LogP contribution in [0, 0.1) is 0 Å². The van der Waals surface area contributed by atoms with Crippen molar-refractivity contribution in [3.8, 4) is 11.5 Å². The Kier molecular flexibility index (Phi) is 2.89. The lowest BCUT2D eigenvalue weighted by molar-refractivity contribution is -0.143. The van der Waals surface area contributed by atoms with Gasteiger partial charge in [0, 0.05) is 12.8 Å². The van der Waals surface area contributed by atoms with Gasteiger partial charge in [0.05, 0.1) is 6.04 Å². The van der Waals surface area contributed by atoms with Gasteiger partial charge < -0.3 is 9.47 Å². The molecular weight excluding hydrogens is 246 g/mol. The molecular formula is C14H15NO4. The van der Waals surface area contributed by atoms with Crippen LogP contribution in [0.5, 0.6) is 11.5 Å². The molecule has 0 radical (unpaired) electrons. The van der Waals surface area contributed by atoms with Gasteiger partial charge in [-0.15, -0.1) is 0 Å². The Hall–Kier alpha value is -2.04. The zero-order chi connectivity index (χ0) is 13.4. The minimum Gasteiger partial charge on any atom is -0.486 e. The summed E-state index contributed by atoms with van der Waals surface area (Å²) in [6, 6.07) is 7.08. The van der Waals surface area contributed by atoms with Crippen LogP contribution in [0.4, 0.5) is 0 Å². The molecule has 2 aliphatic rings. The number of carbonyl (C=O) groups is 2. The summed E-state index contributed by atoms with van der Waals surface area (Å²) in [5.41, 5.74) is 0. The van der Waals surface area contributed by atoms with Gasteiger partial charge >= 0.3 is 0 Å². The number of amides is 2. The zero-order valence-corrected chi connectivity index (χ0v) is 10.7. The average Bonchev–Trinajstić information content (AvgIpc) is 2.77. The standard InChI is InChI=1S/C14H15NO4/c1-9(15-13(16)6-7-14(15)17)12-8-18-10-4-2-3-5-11(10)19-12/h2-5,9,12H,6-8H2,1H3/t9-,12+/m0/s1. The van der Waals surface area contributed by atoms with Gasteiger partial charge in [-0.3, -0.25) is 14.5 Å². The fourth-order valence-electron chi connectivity index (χ4n) is 2.49. The molecule has 0 unspecified atom stereocenters. The lowest BCUT2D eigenvalue weighted by atomic mass is 10.1. The summed E-state index contributed by atoms with van der Waals surface area (Å²) in [6.45, 7) is 2.16. The summed E-state index contributed by atoms with van der Waals surface area (Å²) in [5.74, 6) is 1.11. The quantitative estimate of drug-likeness (QED) is 0.754. The second kappa shape index (κ2) is 4.57. The molecule has 2 amide bonds. The number of nitrogens with zero attached hydrogens (tertiary/aromatic N) is 1. The van der Waals surface area contributed by atoms with Crippen molar-refractivity contribution in [1.82, 2.24) is 4.90 Å². The summed E-state index contributed by atoms with van der Waals surface area (Å²) in [5, 5.41) is 0. The van der Waals surface area contributed by atoms with Gasteiger partial charge in [0.1, 0.15) is 6.61 Å². The van der Waals surface area contributed by atoms with Gasteiger partial charge in [-0.1, -0.05) is 12.1 Å². The summed E-state index contributed by atoms with van der Waals surface area (Å²) >= 11 is 0. The van der Waals surface area contributed by atoms with Crippen LogP contribution in [0.3, 0.4) is 0 Å². The Morgan fingerprint density at radius 2 is 1.79 bits per heavy atom. The summed E-state index contributed by atoms with van der Waals surface area (Å²) < 4.78 is 11.4. The van der Waals surface area contributed by atoms with E-state index in [2.05, 4.69) is 0 Å². The van der Waals surface area contributed by atoms with E-state index in [1.165, 1.54) is 4.90 Å². The minimum absolute atomic E-state index is 0.125. The minimum atomic E-state index is -0.319. The number of likely N-dealkylation sites (tertiary alicyclic amines) is 1. The Labute approximate surface area is 111 Å². The third-order valence-electron chi connectivity index (χ3n) is 3.57. The molecule has 0 N–H and O–H groups in total. The maximum atomic E-state index is 11.7. The van der Waals surface area contributed by atoms with Crippen LogP contribution in [0.25, 0.3) is 0 Å². The second-order valence-corrected chi connectivity index (χ2v) is 4.81. The Balaban J connectivity index is 1.77. The molecule has 2 atom stereocenters. The smallest absolute Gasteiger partial charge is 0.230 e. The van der Waals surface area contributed by atoms with Crippen LogP contribution in [0.1, 0.15) is 19.8 Å². The first kappa shape index (κ1) is 12.0. The van der Waals surface area contributed by atoms with Gasteiger partial charge in [0.25, 0.3) is 0 Å². The first-order valence-electron chi connectivity index (χ1n) is 6.40. The fourth-order valence-corrected chi connectivity index (χ4v) is 2.49. The van der Waals surface area contributed by atoms with Crippen LogP contribution in [-0.4, -0.2) is 35.5 Å². The molecule has 3 rings (SSSR count). The molecule has 1 saturated heterocycles. The second-order valence-electron chi connectivity index (χ2n) is 4.81. The first-order chi connectivity index (χ1) is 9.16. The van der Waals surface area contributed by atoms with E-state index in [9.17, 15) is 9.59 Å². The van der Waals surface area contributed by atoms with Crippen molar-refractivity contribution in [2.75, 3.05) is 6.61 Å². The third-order valence-corrected chi connectivity index (χ3v) is 3.57. The van der Waals surface area contributed by atoms with Crippen LogP contribution in [0.15, 0.2) is 24.3 Å². The van der Waals surface area contributed by atoms with Crippen molar-refractivity contribution in [1.29, 1.82) is 0 Å². The first-order valence-corrected chi connectivity index (χ1v) is 6.40. The number of carbonyl (C=O) groups excluding carboxylic acids is 2. The van der Waals surface area contributed by atoms with Crippen molar-refractivity contribution in [3.63, 3.8) is 0 Å². The Morgan fingerprint density at radius 3 is 2.47 bits per heavy atom.